The molecular formula is C29H37N5O6. The molecule has 40 heavy (non-hydrogen) atoms. The molecule has 0 radical (unpaired) electrons. The van der Waals surface area contributed by atoms with Crippen LogP contribution in [0, 0.1) is 5.92 Å². The number of H-pyrrole nitrogens is 1. The van der Waals surface area contributed by atoms with Crippen LogP contribution < -0.4 is 21.7 Å². The number of carboxylic acid groups (broad SMARTS) is 1. The van der Waals surface area contributed by atoms with Crippen molar-refractivity contribution in [2.75, 3.05) is 0 Å². The number of aliphatic hydroxyl groups excluding tert-OH is 1. The van der Waals surface area contributed by atoms with Gasteiger partial charge in [-0.3, -0.25) is 14.4 Å². The molecule has 5 atom stereocenters. The Bertz CT molecular complexity index is 1320. The third-order valence-electron chi connectivity index (χ3n) is 6.70. The minimum absolute atomic E-state index is 0.0531. The number of benzene rings is 2. The van der Waals surface area contributed by atoms with Gasteiger partial charge in [-0.1, -0.05) is 62.4 Å². The first kappa shape index (κ1) is 30.3. The smallest absolute Gasteiger partial charge is 0.326 e. The number of aromatic amines is 1. The predicted molar refractivity (Wildman–Crippen MR) is 150 cm³/mol. The molecule has 0 aliphatic heterocycles. The largest absolute Gasteiger partial charge is 0.480 e. The molecule has 0 bridgehead atoms. The SMILES string of the molecule is CC(C)C(NC(=O)C(N)C(C)O)C(=O)NC(Cc1c[nH]c2ccccc12)C(=O)NC(Cc1ccccc1)C(=O)O. The lowest BCUT2D eigenvalue weighted by molar-refractivity contribution is -0.142. The van der Waals surface area contributed by atoms with Gasteiger partial charge in [0.15, 0.2) is 0 Å². The Labute approximate surface area is 232 Å². The summed E-state index contributed by atoms with van der Waals surface area (Å²) in [5.41, 5.74) is 8.04. The van der Waals surface area contributed by atoms with Crippen LogP contribution in [0.3, 0.4) is 0 Å². The molecular weight excluding hydrogens is 514 g/mol. The fraction of sp³-hybridized carbons (Fsp3) is 0.379. The molecule has 1 aromatic heterocycles. The zero-order valence-electron chi connectivity index (χ0n) is 22.8. The van der Waals surface area contributed by atoms with Crippen LogP contribution >= 0.6 is 0 Å². The van der Waals surface area contributed by atoms with Gasteiger partial charge in [0.2, 0.25) is 17.7 Å². The van der Waals surface area contributed by atoms with Gasteiger partial charge in [0.1, 0.15) is 24.2 Å². The average Bonchev–Trinajstić information content (AvgIpc) is 3.33. The molecule has 3 rings (SSSR count). The predicted octanol–water partition coefficient (Wildman–Crippen LogP) is 0.856. The quantitative estimate of drug-likeness (QED) is 0.164. The van der Waals surface area contributed by atoms with E-state index in [1.165, 1.54) is 6.92 Å². The van der Waals surface area contributed by atoms with E-state index in [1.54, 1.807) is 44.3 Å². The summed E-state index contributed by atoms with van der Waals surface area (Å²) in [4.78, 5) is 54.6. The first-order valence-electron chi connectivity index (χ1n) is 13.1. The Morgan fingerprint density at radius 2 is 1.45 bits per heavy atom. The zero-order valence-corrected chi connectivity index (χ0v) is 22.8. The molecule has 1 heterocycles. The highest BCUT2D eigenvalue weighted by Crippen LogP contribution is 2.19. The van der Waals surface area contributed by atoms with Crippen LogP contribution in [0.2, 0.25) is 0 Å². The zero-order chi connectivity index (χ0) is 29.4. The monoisotopic (exact) mass is 551 g/mol. The number of rotatable bonds is 13. The molecule has 5 unspecified atom stereocenters. The molecule has 0 saturated heterocycles. The number of carboxylic acids is 1. The van der Waals surface area contributed by atoms with Gasteiger partial charge >= 0.3 is 5.97 Å². The van der Waals surface area contributed by atoms with Crippen LogP contribution in [-0.2, 0) is 32.0 Å². The Kier molecular flexibility index (Phi) is 10.4. The van der Waals surface area contributed by atoms with Gasteiger partial charge in [0.05, 0.1) is 6.10 Å². The summed E-state index contributed by atoms with van der Waals surface area (Å²) in [6, 6.07) is 11.7. The highest BCUT2D eigenvalue weighted by molar-refractivity contribution is 5.95. The molecule has 0 spiro atoms. The normalized spacial score (nSPS) is 15.1. The molecule has 11 heteroatoms. The molecule has 3 aromatic rings. The molecule has 214 valence electrons. The number of aliphatic hydroxyl groups is 1. The highest BCUT2D eigenvalue weighted by Gasteiger charge is 2.33. The van der Waals surface area contributed by atoms with Gasteiger partial charge < -0.3 is 36.9 Å². The number of carbonyl (C=O) groups excluding carboxylic acids is 3. The topological polar surface area (TPSA) is 187 Å². The van der Waals surface area contributed by atoms with E-state index in [-0.39, 0.29) is 18.8 Å². The highest BCUT2D eigenvalue weighted by atomic mass is 16.4. The Hall–Kier alpha value is -4.22. The molecule has 3 amide bonds. The first-order valence-corrected chi connectivity index (χ1v) is 13.1. The van der Waals surface area contributed by atoms with E-state index in [0.717, 1.165) is 22.0 Å². The van der Waals surface area contributed by atoms with Crippen LogP contribution in [0.1, 0.15) is 31.9 Å². The van der Waals surface area contributed by atoms with Crippen molar-refractivity contribution in [1.29, 1.82) is 0 Å². The summed E-state index contributed by atoms with van der Waals surface area (Å²) in [5.74, 6) is -3.64. The average molecular weight is 552 g/mol. The summed E-state index contributed by atoms with van der Waals surface area (Å²) in [6.07, 6.45) is 0.718. The summed E-state index contributed by atoms with van der Waals surface area (Å²) in [6.45, 7) is 4.80. The fourth-order valence-electron chi connectivity index (χ4n) is 4.32. The van der Waals surface area contributed by atoms with Gasteiger partial charge in [-0.05, 0) is 30.0 Å². The standard InChI is InChI=1S/C29H37N5O6/c1-16(2)25(34-27(37)24(30)17(3)35)28(38)32-22(14-19-15-31-21-12-8-7-11-20(19)21)26(36)33-23(29(39)40)13-18-9-5-4-6-10-18/h4-12,15-17,22-25,31,35H,13-14,30H2,1-3H3,(H,32,38)(H,33,36)(H,34,37)(H,39,40). The summed E-state index contributed by atoms with van der Waals surface area (Å²) in [7, 11) is 0. The second-order valence-electron chi connectivity index (χ2n) is 10.2. The number of aliphatic carboxylic acids is 1. The van der Waals surface area contributed by atoms with Crippen LogP contribution in [0.5, 0.6) is 0 Å². The minimum atomic E-state index is -1.24. The van der Waals surface area contributed by atoms with Crippen molar-refractivity contribution in [2.45, 2.75) is 63.9 Å². The molecule has 0 fully saturated rings. The number of hydrogen-bond acceptors (Lipinski definition) is 6. The lowest BCUT2D eigenvalue weighted by atomic mass is 9.99. The van der Waals surface area contributed by atoms with Crippen LogP contribution in [0.15, 0.2) is 60.8 Å². The molecule has 2 aromatic carbocycles. The van der Waals surface area contributed by atoms with E-state index in [2.05, 4.69) is 20.9 Å². The second kappa shape index (κ2) is 13.7. The number of hydrogen-bond donors (Lipinski definition) is 7. The van der Waals surface area contributed by atoms with Gasteiger partial charge in [0.25, 0.3) is 0 Å². The number of amides is 3. The van der Waals surface area contributed by atoms with Gasteiger partial charge in [-0.15, -0.1) is 0 Å². The van der Waals surface area contributed by atoms with Crippen molar-refractivity contribution in [1.82, 2.24) is 20.9 Å². The maximum Gasteiger partial charge on any atom is 0.326 e. The van der Waals surface area contributed by atoms with E-state index in [0.29, 0.717) is 0 Å². The summed E-state index contributed by atoms with van der Waals surface area (Å²) >= 11 is 0. The molecule has 8 N–H and O–H groups in total. The van der Waals surface area contributed by atoms with E-state index in [4.69, 9.17) is 5.73 Å². The fourth-order valence-corrected chi connectivity index (χ4v) is 4.32. The lowest BCUT2D eigenvalue weighted by Crippen LogP contribution is -2.59. The number of nitrogens with two attached hydrogens (primary N) is 1. The Balaban J connectivity index is 1.86. The van der Waals surface area contributed by atoms with Crippen LogP contribution in [0.4, 0.5) is 0 Å². The number of carbonyl (C=O) groups is 4. The second-order valence-corrected chi connectivity index (χ2v) is 10.2. The maximum absolute atomic E-state index is 13.5. The maximum atomic E-state index is 13.5. The summed E-state index contributed by atoms with van der Waals surface area (Å²) < 4.78 is 0. The van der Waals surface area contributed by atoms with Gasteiger partial charge in [0, 0.05) is 29.9 Å². The van der Waals surface area contributed by atoms with Crippen LogP contribution in [-0.4, -0.2) is 69.2 Å². The number of fused-ring (bicyclic) bond motifs is 1. The first-order chi connectivity index (χ1) is 19.0. The molecule has 0 saturated carbocycles. The third kappa shape index (κ3) is 7.90. The van der Waals surface area contributed by atoms with Gasteiger partial charge in [-0.25, -0.2) is 4.79 Å². The van der Waals surface area contributed by atoms with Crippen molar-refractivity contribution < 1.29 is 29.4 Å². The van der Waals surface area contributed by atoms with E-state index in [9.17, 15) is 29.4 Å². The van der Waals surface area contributed by atoms with E-state index < -0.39 is 54.0 Å². The van der Waals surface area contributed by atoms with Crippen molar-refractivity contribution in [3.63, 3.8) is 0 Å². The Morgan fingerprint density at radius 3 is 2.08 bits per heavy atom. The molecule has 0 aliphatic rings. The Morgan fingerprint density at radius 1 is 0.825 bits per heavy atom. The van der Waals surface area contributed by atoms with Crippen molar-refractivity contribution in [2.24, 2.45) is 11.7 Å². The van der Waals surface area contributed by atoms with Crippen molar-refractivity contribution in [3.8, 4) is 0 Å². The number of nitrogens with one attached hydrogen (secondary N) is 4. The van der Waals surface area contributed by atoms with Crippen molar-refractivity contribution in [3.05, 3.63) is 71.9 Å². The number of para-hydroxylation sites is 1. The number of aromatic nitrogens is 1. The lowest BCUT2D eigenvalue weighted by Gasteiger charge is -2.27. The minimum Gasteiger partial charge on any atom is -0.480 e. The van der Waals surface area contributed by atoms with E-state index in [1.807, 2.05) is 30.3 Å². The third-order valence-corrected chi connectivity index (χ3v) is 6.70. The van der Waals surface area contributed by atoms with Gasteiger partial charge in [-0.2, -0.15) is 0 Å². The summed E-state index contributed by atoms with van der Waals surface area (Å²) in [5, 5.41) is 28.2. The molecule has 11 nitrogen and oxygen atoms in total. The van der Waals surface area contributed by atoms with Crippen molar-refractivity contribution >= 4 is 34.6 Å². The van der Waals surface area contributed by atoms with E-state index >= 15 is 0 Å². The van der Waals surface area contributed by atoms with Crippen LogP contribution in [0.25, 0.3) is 10.9 Å². The molecule has 0 aliphatic carbocycles.